The molecule has 0 spiro atoms. The maximum absolute atomic E-state index is 11.9. The quantitative estimate of drug-likeness (QED) is 0.408. The van der Waals surface area contributed by atoms with E-state index in [0.717, 1.165) is 13.8 Å². The molecule has 16 heteroatoms. The van der Waals surface area contributed by atoms with Crippen LogP contribution in [0.3, 0.4) is 0 Å². The summed E-state index contributed by atoms with van der Waals surface area (Å²) in [4.78, 5) is 0. The largest absolute Gasteiger partial charge is 0.284 e. The SMILES string of the molecule is CC1C(OS(=O)(=O)CS(=O)(=O)OC2COS(=O)(=O)C2C)COS1(=O)=O. The Morgan fingerprint density at radius 2 is 1.12 bits per heavy atom. The van der Waals surface area contributed by atoms with Crippen molar-refractivity contribution in [1.82, 2.24) is 0 Å². The highest BCUT2D eigenvalue weighted by Crippen LogP contribution is 2.25. The first-order chi connectivity index (χ1) is 11.2. The zero-order valence-corrected chi connectivity index (χ0v) is 16.2. The van der Waals surface area contributed by atoms with E-state index in [9.17, 15) is 33.7 Å². The highest BCUT2D eigenvalue weighted by atomic mass is 32.3. The van der Waals surface area contributed by atoms with Crippen LogP contribution in [0.1, 0.15) is 13.8 Å². The van der Waals surface area contributed by atoms with Gasteiger partial charge >= 0.3 is 0 Å². The Labute approximate surface area is 145 Å². The van der Waals surface area contributed by atoms with Gasteiger partial charge in [0, 0.05) is 0 Å². The van der Waals surface area contributed by atoms with Crippen molar-refractivity contribution in [3.63, 3.8) is 0 Å². The average Bonchev–Trinajstić information content (AvgIpc) is 2.81. The van der Waals surface area contributed by atoms with Gasteiger partial charge in [0.1, 0.15) is 22.7 Å². The van der Waals surface area contributed by atoms with Gasteiger partial charge in [0.05, 0.1) is 13.2 Å². The summed E-state index contributed by atoms with van der Waals surface area (Å²) >= 11 is 0. The summed E-state index contributed by atoms with van der Waals surface area (Å²) in [5.74, 6) is 0. The van der Waals surface area contributed by atoms with E-state index in [1.165, 1.54) is 0 Å². The molecule has 0 aromatic heterocycles. The molecule has 4 atom stereocenters. The van der Waals surface area contributed by atoms with E-state index in [1.807, 2.05) is 0 Å². The fourth-order valence-electron chi connectivity index (χ4n) is 2.00. The number of rotatable bonds is 6. The molecule has 148 valence electrons. The first-order valence-corrected chi connectivity index (χ1v) is 12.8. The van der Waals surface area contributed by atoms with Gasteiger partial charge in [-0.2, -0.15) is 33.7 Å². The molecule has 2 fully saturated rings. The molecule has 0 radical (unpaired) electrons. The minimum absolute atomic E-state index is 0.574. The van der Waals surface area contributed by atoms with Crippen LogP contribution in [-0.4, -0.2) is 74.7 Å². The van der Waals surface area contributed by atoms with Crippen LogP contribution in [0.5, 0.6) is 0 Å². The van der Waals surface area contributed by atoms with Crippen LogP contribution in [0.25, 0.3) is 0 Å². The van der Waals surface area contributed by atoms with Crippen molar-refractivity contribution >= 4 is 40.5 Å². The van der Waals surface area contributed by atoms with Crippen molar-refractivity contribution in [2.75, 3.05) is 18.3 Å². The Morgan fingerprint density at radius 3 is 1.36 bits per heavy atom. The highest BCUT2D eigenvalue weighted by Gasteiger charge is 2.45. The molecule has 0 aromatic rings. The van der Waals surface area contributed by atoms with Crippen molar-refractivity contribution in [3.8, 4) is 0 Å². The second kappa shape index (κ2) is 6.66. The molecule has 2 saturated heterocycles. The van der Waals surface area contributed by atoms with E-state index in [1.54, 1.807) is 0 Å². The fraction of sp³-hybridized carbons (Fsp3) is 1.00. The maximum atomic E-state index is 11.9. The second-order valence-electron chi connectivity index (χ2n) is 5.47. The first kappa shape index (κ1) is 20.9. The Bertz CT molecular complexity index is 851. The molecule has 2 aliphatic heterocycles. The molecule has 25 heavy (non-hydrogen) atoms. The van der Waals surface area contributed by atoms with E-state index in [-0.39, 0.29) is 0 Å². The monoisotopic (exact) mass is 444 g/mol. The Kier molecular flexibility index (Phi) is 5.58. The van der Waals surface area contributed by atoms with Crippen molar-refractivity contribution in [2.24, 2.45) is 0 Å². The summed E-state index contributed by atoms with van der Waals surface area (Å²) in [6.07, 6.45) is -2.81. The van der Waals surface area contributed by atoms with E-state index in [4.69, 9.17) is 0 Å². The zero-order chi connectivity index (χ0) is 19.3. The molecular formula is C9H16O12S4. The smallest absolute Gasteiger partial charge is 0.267 e. The van der Waals surface area contributed by atoms with Crippen molar-refractivity contribution in [3.05, 3.63) is 0 Å². The van der Waals surface area contributed by atoms with E-state index < -0.39 is 81.5 Å². The van der Waals surface area contributed by atoms with Gasteiger partial charge < -0.3 is 0 Å². The predicted molar refractivity (Wildman–Crippen MR) is 81.1 cm³/mol. The van der Waals surface area contributed by atoms with Crippen LogP contribution in [-0.2, 0) is 57.2 Å². The van der Waals surface area contributed by atoms with Gasteiger partial charge in [-0.1, -0.05) is 0 Å². The summed E-state index contributed by atoms with van der Waals surface area (Å²) < 4.78 is 111. The number of hydrogen-bond acceptors (Lipinski definition) is 12. The molecule has 0 aliphatic carbocycles. The lowest BCUT2D eigenvalue weighted by atomic mass is 10.3. The van der Waals surface area contributed by atoms with E-state index in [2.05, 4.69) is 16.7 Å². The maximum Gasteiger partial charge on any atom is 0.284 e. The number of hydrogen-bond donors (Lipinski definition) is 0. The standard InChI is InChI=1S/C9H16O12S4/c1-6-8(3-18-24(6,14)15)20-22(10,11)5-23(12,13)21-9-4-19-25(16,17)7(9)2/h6-9H,3-5H2,1-2H3. The minimum Gasteiger partial charge on any atom is -0.267 e. The van der Waals surface area contributed by atoms with Gasteiger partial charge in [-0.15, -0.1) is 0 Å². The van der Waals surface area contributed by atoms with Gasteiger partial charge in [-0.05, 0) is 13.8 Å². The molecule has 4 unspecified atom stereocenters. The van der Waals surface area contributed by atoms with E-state index >= 15 is 0 Å². The second-order valence-corrected chi connectivity index (χ2v) is 13.0. The van der Waals surface area contributed by atoms with Crippen LogP contribution in [0.4, 0.5) is 0 Å². The van der Waals surface area contributed by atoms with Crippen molar-refractivity contribution in [1.29, 1.82) is 0 Å². The minimum atomic E-state index is -4.74. The molecule has 0 saturated carbocycles. The Hall–Kier alpha value is -0.360. The highest BCUT2D eigenvalue weighted by molar-refractivity contribution is 8.03. The van der Waals surface area contributed by atoms with Crippen LogP contribution < -0.4 is 0 Å². The summed E-state index contributed by atoms with van der Waals surface area (Å²) in [5.41, 5.74) is 0. The molecule has 0 amide bonds. The summed E-state index contributed by atoms with van der Waals surface area (Å²) in [6, 6.07) is 0. The van der Waals surface area contributed by atoms with Crippen LogP contribution in [0.2, 0.25) is 0 Å². The van der Waals surface area contributed by atoms with Gasteiger partial charge in [-0.3, -0.25) is 16.7 Å². The molecule has 2 aliphatic rings. The summed E-state index contributed by atoms with van der Waals surface area (Å²) in [7, 11) is -17.4. The summed E-state index contributed by atoms with van der Waals surface area (Å²) in [5, 5.41) is -4.23. The Morgan fingerprint density at radius 1 is 0.800 bits per heavy atom. The van der Waals surface area contributed by atoms with Gasteiger partial charge in [0.2, 0.25) is 5.08 Å². The van der Waals surface area contributed by atoms with Gasteiger partial charge in [-0.25, -0.2) is 0 Å². The van der Waals surface area contributed by atoms with Gasteiger partial charge in [0.25, 0.3) is 40.5 Å². The lowest BCUT2D eigenvalue weighted by Gasteiger charge is -2.15. The van der Waals surface area contributed by atoms with Gasteiger partial charge in [0.15, 0.2) is 0 Å². The molecule has 0 N–H and O–H groups in total. The normalized spacial score (nSPS) is 35.0. The van der Waals surface area contributed by atoms with Crippen LogP contribution >= 0.6 is 0 Å². The molecular weight excluding hydrogens is 428 g/mol. The fourth-order valence-corrected chi connectivity index (χ4v) is 7.29. The lowest BCUT2D eigenvalue weighted by molar-refractivity contribution is 0.167. The van der Waals surface area contributed by atoms with Crippen LogP contribution in [0, 0.1) is 0 Å². The summed E-state index contributed by atoms with van der Waals surface area (Å²) in [6.45, 7) is 1.15. The molecule has 0 aromatic carbocycles. The first-order valence-electron chi connectivity index (χ1n) is 6.74. The third-order valence-corrected chi connectivity index (χ3v) is 10.3. The topological polar surface area (TPSA) is 173 Å². The predicted octanol–water partition coefficient (Wildman–Crippen LogP) is -2.13. The van der Waals surface area contributed by atoms with Crippen molar-refractivity contribution < 1.29 is 50.4 Å². The molecule has 2 rings (SSSR count). The zero-order valence-electron chi connectivity index (χ0n) is 13.0. The lowest BCUT2D eigenvalue weighted by Crippen LogP contribution is -2.35. The Balaban J connectivity index is 2.04. The molecule has 2 heterocycles. The third kappa shape index (κ3) is 4.88. The van der Waals surface area contributed by atoms with Crippen LogP contribution in [0.15, 0.2) is 0 Å². The van der Waals surface area contributed by atoms with E-state index in [0.29, 0.717) is 0 Å². The molecule has 0 bridgehead atoms. The average molecular weight is 444 g/mol. The third-order valence-electron chi connectivity index (χ3n) is 3.58. The van der Waals surface area contributed by atoms with Crippen molar-refractivity contribution in [2.45, 2.75) is 36.6 Å². The molecule has 12 nitrogen and oxygen atoms in total.